The van der Waals surface area contributed by atoms with Crippen LogP contribution in [0.4, 0.5) is 0 Å². The number of nitrogens with one attached hydrogen (secondary N) is 1. The number of halogens is 1. The molecule has 0 saturated carbocycles. The van der Waals surface area contributed by atoms with Crippen LogP contribution in [0.2, 0.25) is 0 Å². The van der Waals surface area contributed by atoms with E-state index in [4.69, 9.17) is 19.3 Å². The first-order valence-electron chi connectivity index (χ1n) is 10.9. The minimum absolute atomic E-state index is 0.147. The van der Waals surface area contributed by atoms with Crippen LogP contribution in [0.3, 0.4) is 0 Å². The molecule has 0 radical (unpaired) electrons. The molecule has 1 amide bonds. The second-order valence-corrected chi connectivity index (χ2v) is 9.77. The molecule has 0 bridgehead atoms. The van der Waals surface area contributed by atoms with Crippen molar-refractivity contribution in [3.63, 3.8) is 0 Å². The molecular formula is C25H24INO6. The van der Waals surface area contributed by atoms with Crippen molar-refractivity contribution in [2.45, 2.75) is 43.4 Å². The maximum atomic E-state index is 12.9. The molecule has 1 saturated heterocycles. The highest BCUT2D eigenvalue weighted by Crippen LogP contribution is 2.44. The molecule has 3 unspecified atom stereocenters. The quantitative estimate of drug-likeness (QED) is 0.431. The van der Waals surface area contributed by atoms with Crippen molar-refractivity contribution < 1.29 is 28.9 Å². The largest absolute Gasteiger partial charge is 0.456 e. The lowest BCUT2D eigenvalue weighted by Gasteiger charge is -2.30. The van der Waals surface area contributed by atoms with Crippen LogP contribution in [0.15, 0.2) is 60.2 Å². The van der Waals surface area contributed by atoms with Gasteiger partial charge in [-0.25, -0.2) is 4.79 Å². The van der Waals surface area contributed by atoms with Crippen molar-refractivity contribution in [2.24, 2.45) is 0 Å². The topological polar surface area (TPSA) is 94.1 Å². The fourth-order valence-electron chi connectivity index (χ4n) is 4.74. The van der Waals surface area contributed by atoms with Gasteiger partial charge in [0.15, 0.2) is 5.79 Å². The van der Waals surface area contributed by atoms with Crippen LogP contribution in [0.25, 0.3) is 0 Å². The van der Waals surface area contributed by atoms with Crippen LogP contribution in [0, 0.1) is 3.57 Å². The predicted molar refractivity (Wildman–Crippen MR) is 127 cm³/mol. The monoisotopic (exact) mass is 561 g/mol. The highest BCUT2D eigenvalue weighted by Gasteiger charge is 2.55. The van der Waals surface area contributed by atoms with Crippen molar-refractivity contribution >= 4 is 34.5 Å². The first kappa shape index (κ1) is 22.5. The number of hydrogen-bond donors (Lipinski definition) is 2. The summed E-state index contributed by atoms with van der Waals surface area (Å²) in [6, 6.07) is 15.2. The maximum absolute atomic E-state index is 12.9. The number of benzene rings is 2. The number of aliphatic hydroxyl groups excluding tert-OH is 1. The van der Waals surface area contributed by atoms with Crippen molar-refractivity contribution in [1.29, 1.82) is 0 Å². The molecule has 1 aliphatic heterocycles. The maximum Gasteiger partial charge on any atom is 0.338 e. The SMILES string of the molecule is O=C(NCCO)C1=CC2OC3(Cc4ccccc4C3)OC2C(OC(=O)c2ccc(I)cc2)C1. The Hall–Kier alpha value is -2.27. The van der Waals surface area contributed by atoms with Crippen molar-refractivity contribution in [3.8, 4) is 0 Å². The van der Waals surface area contributed by atoms with Crippen molar-refractivity contribution in [2.75, 3.05) is 13.2 Å². The van der Waals surface area contributed by atoms with E-state index in [9.17, 15) is 9.59 Å². The van der Waals surface area contributed by atoms with E-state index >= 15 is 0 Å². The smallest absolute Gasteiger partial charge is 0.338 e. The zero-order valence-electron chi connectivity index (χ0n) is 17.8. The molecule has 3 atom stereocenters. The Bertz CT molecular complexity index is 1070. The van der Waals surface area contributed by atoms with Gasteiger partial charge in [0.1, 0.15) is 18.3 Å². The number of amides is 1. The van der Waals surface area contributed by atoms with Crippen LogP contribution in [-0.4, -0.2) is 54.2 Å². The molecule has 1 spiro atoms. The Balaban J connectivity index is 1.39. The number of carbonyl (C=O) groups excluding carboxylic acids is 2. The standard InChI is InChI=1S/C25H24INO6/c26-19-7-5-15(6-8-19)24(30)31-20-11-18(23(29)27-9-10-28)12-21-22(20)33-25(32-21)13-16-3-1-2-4-17(16)14-25/h1-8,12,20-22,28H,9-11,13-14H2,(H,27,29). The van der Waals surface area contributed by atoms with E-state index in [0.717, 1.165) is 3.57 Å². The van der Waals surface area contributed by atoms with Gasteiger partial charge in [0.25, 0.3) is 0 Å². The lowest BCUT2D eigenvalue weighted by Crippen LogP contribution is -2.44. The van der Waals surface area contributed by atoms with Gasteiger partial charge in [-0.1, -0.05) is 24.3 Å². The second-order valence-electron chi connectivity index (χ2n) is 8.52. The van der Waals surface area contributed by atoms with Gasteiger partial charge in [-0.3, -0.25) is 4.79 Å². The van der Waals surface area contributed by atoms with Gasteiger partial charge >= 0.3 is 5.97 Å². The minimum atomic E-state index is -0.833. The summed E-state index contributed by atoms with van der Waals surface area (Å²) in [6.45, 7) is -0.00868. The normalized spacial score (nSPS) is 24.7. The fraction of sp³-hybridized carbons (Fsp3) is 0.360. The molecule has 1 heterocycles. The number of carbonyl (C=O) groups is 2. The van der Waals surface area contributed by atoms with Crippen molar-refractivity contribution in [3.05, 3.63) is 80.4 Å². The van der Waals surface area contributed by atoms with E-state index < -0.39 is 30.1 Å². The Morgan fingerprint density at radius 3 is 2.45 bits per heavy atom. The van der Waals surface area contributed by atoms with Gasteiger partial charge < -0.3 is 24.6 Å². The molecular weight excluding hydrogens is 537 g/mol. The molecule has 1 fully saturated rings. The van der Waals surface area contributed by atoms with Crippen molar-refractivity contribution in [1.82, 2.24) is 5.32 Å². The van der Waals surface area contributed by atoms with Gasteiger partial charge in [0.05, 0.1) is 12.2 Å². The highest BCUT2D eigenvalue weighted by molar-refractivity contribution is 14.1. The zero-order chi connectivity index (χ0) is 23.0. The first-order valence-corrected chi connectivity index (χ1v) is 12.0. The molecule has 3 aliphatic rings. The Morgan fingerprint density at radius 2 is 1.79 bits per heavy atom. The van der Waals surface area contributed by atoms with Gasteiger partial charge in [-0.05, 0) is 64.1 Å². The van der Waals surface area contributed by atoms with E-state index in [1.165, 1.54) is 11.1 Å². The number of esters is 1. The average molecular weight is 561 g/mol. The Kier molecular flexibility index (Phi) is 6.26. The summed E-state index contributed by atoms with van der Waals surface area (Å²) in [6.07, 6.45) is 1.48. The van der Waals surface area contributed by atoms with Crippen LogP contribution in [0.5, 0.6) is 0 Å². The van der Waals surface area contributed by atoms with Crippen LogP contribution in [-0.2, 0) is 31.8 Å². The summed E-state index contributed by atoms with van der Waals surface area (Å²) in [7, 11) is 0. The van der Waals surface area contributed by atoms with Gasteiger partial charge in [-0.15, -0.1) is 0 Å². The summed E-state index contributed by atoms with van der Waals surface area (Å²) in [5.41, 5.74) is 3.25. The molecule has 2 aliphatic carbocycles. The van der Waals surface area contributed by atoms with E-state index in [0.29, 0.717) is 24.0 Å². The fourth-order valence-corrected chi connectivity index (χ4v) is 5.10. The third-order valence-corrected chi connectivity index (χ3v) is 6.96. The molecule has 0 aromatic heterocycles. The number of fused-ring (bicyclic) bond motifs is 2. The second kappa shape index (κ2) is 9.17. The number of hydrogen-bond acceptors (Lipinski definition) is 6. The number of rotatable bonds is 5. The van der Waals surface area contributed by atoms with Gasteiger partial charge in [0.2, 0.25) is 5.91 Å². The van der Waals surface area contributed by atoms with E-state index in [2.05, 4.69) is 40.0 Å². The summed E-state index contributed by atoms with van der Waals surface area (Å²) in [5, 5.41) is 11.7. The molecule has 2 N–H and O–H groups in total. The number of ether oxygens (including phenoxy) is 3. The van der Waals surface area contributed by atoms with E-state index in [1.807, 2.05) is 24.3 Å². The Morgan fingerprint density at radius 1 is 1.09 bits per heavy atom. The summed E-state index contributed by atoms with van der Waals surface area (Å²) in [5.74, 6) is -1.61. The van der Waals surface area contributed by atoms with Gasteiger partial charge in [-0.2, -0.15) is 0 Å². The van der Waals surface area contributed by atoms with E-state index in [1.54, 1.807) is 18.2 Å². The minimum Gasteiger partial charge on any atom is -0.456 e. The first-order chi connectivity index (χ1) is 16.0. The van der Waals surface area contributed by atoms with Crippen LogP contribution in [0.1, 0.15) is 27.9 Å². The molecule has 7 nitrogen and oxygen atoms in total. The van der Waals surface area contributed by atoms with Crippen LogP contribution < -0.4 is 5.32 Å². The molecule has 8 heteroatoms. The average Bonchev–Trinajstić information content (AvgIpc) is 3.36. The molecule has 172 valence electrons. The summed E-state index contributed by atoms with van der Waals surface area (Å²) < 4.78 is 19.7. The third kappa shape index (κ3) is 4.57. The van der Waals surface area contributed by atoms with Crippen LogP contribution >= 0.6 is 22.6 Å². The summed E-state index contributed by atoms with van der Waals surface area (Å²) >= 11 is 2.18. The van der Waals surface area contributed by atoms with E-state index in [-0.39, 0.29) is 25.5 Å². The third-order valence-electron chi connectivity index (χ3n) is 6.24. The molecule has 2 aromatic rings. The zero-order valence-corrected chi connectivity index (χ0v) is 20.0. The molecule has 2 aromatic carbocycles. The molecule has 33 heavy (non-hydrogen) atoms. The highest BCUT2D eigenvalue weighted by atomic mass is 127. The Labute approximate surface area is 205 Å². The predicted octanol–water partition coefficient (Wildman–Crippen LogP) is 2.53. The lowest BCUT2D eigenvalue weighted by atomic mass is 9.91. The number of aliphatic hydroxyl groups is 1. The summed E-state index contributed by atoms with van der Waals surface area (Å²) in [4.78, 5) is 25.5. The molecule has 5 rings (SSSR count). The van der Waals surface area contributed by atoms with Gasteiger partial charge in [0, 0.05) is 35.0 Å². The lowest BCUT2D eigenvalue weighted by molar-refractivity contribution is -0.172.